The topological polar surface area (TPSA) is 39.1 Å². The monoisotopic (exact) mass is 259 g/mol. The lowest BCUT2D eigenvalue weighted by Crippen LogP contribution is -2.08. The molecule has 0 saturated heterocycles. The van der Waals surface area contributed by atoms with Gasteiger partial charge in [0.1, 0.15) is 5.75 Å². The Balaban J connectivity index is 2.11. The number of aryl methyl sites for hydroxylation is 2. The number of ether oxygens (including phenoxy) is 1. The summed E-state index contributed by atoms with van der Waals surface area (Å²) in [4.78, 5) is 0. The molecule has 0 saturated carbocycles. The quantitative estimate of drug-likeness (QED) is 0.866. The van der Waals surface area contributed by atoms with Crippen LogP contribution in [0.1, 0.15) is 25.2 Å². The molecular formula is C15H21N3O. The van der Waals surface area contributed by atoms with E-state index < -0.39 is 0 Å². The van der Waals surface area contributed by atoms with E-state index in [4.69, 9.17) is 4.74 Å². The Hall–Kier alpha value is -1.97. The van der Waals surface area contributed by atoms with Crippen LogP contribution in [0.4, 0.5) is 5.69 Å². The molecule has 4 heteroatoms. The van der Waals surface area contributed by atoms with Crippen molar-refractivity contribution in [1.29, 1.82) is 0 Å². The van der Waals surface area contributed by atoms with E-state index in [-0.39, 0.29) is 0 Å². The smallest absolute Gasteiger partial charge is 0.141 e. The molecule has 1 heterocycles. The molecule has 0 amide bonds. The van der Waals surface area contributed by atoms with Gasteiger partial charge in [0.05, 0.1) is 30.7 Å². The molecule has 1 N–H and O–H groups in total. The molecule has 0 spiro atoms. The van der Waals surface area contributed by atoms with E-state index in [1.165, 1.54) is 5.69 Å². The molecule has 19 heavy (non-hydrogen) atoms. The van der Waals surface area contributed by atoms with Gasteiger partial charge in [0.2, 0.25) is 0 Å². The van der Waals surface area contributed by atoms with Crippen molar-refractivity contribution in [3.63, 3.8) is 0 Å². The SMILES string of the molecule is CCc1cc(CNc2ccccc2OC)n(CC)n1. The lowest BCUT2D eigenvalue weighted by atomic mass is 10.2. The highest BCUT2D eigenvalue weighted by molar-refractivity contribution is 5.56. The minimum absolute atomic E-state index is 0.751. The van der Waals surface area contributed by atoms with Crippen LogP contribution >= 0.6 is 0 Å². The molecule has 4 nitrogen and oxygen atoms in total. The first-order valence-corrected chi connectivity index (χ1v) is 6.71. The largest absolute Gasteiger partial charge is 0.495 e. The summed E-state index contributed by atoms with van der Waals surface area (Å²) < 4.78 is 7.37. The maximum absolute atomic E-state index is 5.33. The number of nitrogens with one attached hydrogen (secondary N) is 1. The van der Waals surface area contributed by atoms with Crippen molar-refractivity contribution in [3.05, 3.63) is 41.7 Å². The summed E-state index contributed by atoms with van der Waals surface area (Å²) in [5, 5.41) is 7.95. The van der Waals surface area contributed by atoms with Gasteiger partial charge in [-0.05, 0) is 31.5 Å². The predicted molar refractivity (Wildman–Crippen MR) is 77.6 cm³/mol. The van der Waals surface area contributed by atoms with Gasteiger partial charge in [-0.1, -0.05) is 19.1 Å². The minimum atomic E-state index is 0.751. The van der Waals surface area contributed by atoms with Gasteiger partial charge in [-0.3, -0.25) is 4.68 Å². The van der Waals surface area contributed by atoms with Crippen molar-refractivity contribution in [2.24, 2.45) is 0 Å². The van der Waals surface area contributed by atoms with Gasteiger partial charge in [-0.25, -0.2) is 0 Å². The predicted octanol–water partition coefficient (Wildman–Crippen LogP) is 3.09. The van der Waals surface area contributed by atoms with Crippen molar-refractivity contribution in [2.45, 2.75) is 33.4 Å². The number of benzene rings is 1. The third-order valence-corrected chi connectivity index (χ3v) is 3.14. The lowest BCUT2D eigenvalue weighted by molar-refractivity contribution is 0.416. The summed E-state index contributed by atoms with van der Waals surface area (Å²) in [5.41, 5.74) is 3.34. The number of aromatic nitrogens is 2. The van der Waals surface area contributed by atoms with E-state index in [0.29, 0.717) is 0 Å². The fourth-order valence-electron chi connectivity index (χ4n) is 2.08. The third kappa shape index (κ3) is 3.08. The highest BCUT2D eigenvalue weighted by atomic mass is 16.5. The molecule has 0 atom stereocenters. The van der Waals surface area contributed by atoms with Crippen molar-refractivity contribution in [3.8, 4) is 5.75 Å². The van der Waals surface area contributed by atoms with Gasteiger partial charge in [0, 0.05) is 6.54 Å². The van der Waals surface area contributed by atoms with Crippen LogP contribution in [-0.2, 0) is 19.5 Å². The van der Waals surface area contributed by atoms with Crippen LogP contribution < -0.4 is 10.1 Å². The van der Waals surface area contributed by atoms with Gasteiger partial charge >= 0.3 is 0 Å². The summed E-state index contributed by atoms with van der Waals surface area (Å²) in [6.45, 7) is 5.88. The Morgan fingerprint density at radius 2 is 2.05 bits per heavy atom. The Labute approximate surface area is 114 Å². The molecule has 2 aromatic rings. The number of rotatable bonds is 6. The van der Waals surface area contributed by atoms with Gasteiger partial charge in [0.25, 0.3) is 0 Å². The molecule has 0 aliphatic carbocycles. The average molecular weight is 259 g/mol. The summed E-state index contributed by atoms with van der Waals surface area (Å²) in [5.74, 6) is 0.862. The summed E-state index contributed by atoms with van der Waals surface area (Å²) in [7, 11) is 1.69. The maximum Gasteiger partial charge on any atom is 0.141 e. The maximum atomic E-state index is 5.33. The highest BCUT2D eigenvalue weighted by Crippen LogP contribution is 2.23. The molecule has 1 aromatic carbocycles. The summed E-state index contributed by atoms with van der Waals surface area (Å²) >= 11 is 0. The van der Waals surface area contributed by atoms with Gasteiger partial charge in [-0.15, -0.1) is 0 Å². The zero-order valence-corrected chi connectivity index (χ0v) is 11.8. The van der Waals surface area contributed by atoms with Crippen LogP contribution in [0.2, 0.25) is 0 Å². The molecule has 0 fully saturated rings. The van der Waals surface area contributed by atoms with Crippen LogP contribution in [0.3, 0.4) is 0 Å². The first kappa shape index (κ1) is 13.5. The number of para-hydroxylation sites is 2. The second kappa shape index (κ2) is 6.27. The molecule has 0 radical (unpaired) electrons. The Morgan fingerprint density at radius 3 is 2.74 bits per heavy atom. The number of hydrogen-bond donors (Lipinski definition) is 1. The van der Waals surface area contributed by atoms with Gasteiger partial charge < -0.3 is 10.1 Å². The molecule has 2 rings (SSSR count). The van der Waals surface area contributed by atoms with Gasteiger partial charge in [-0.2, -0.15) is 5.10 Å². The Kier molecular flexibility index (Phi) is 4.44. The lowest BCUT2D eigenvalue weighted by Gasteiger charge is -2.11. The zero-order valence-electron chi connectivity index (χ0n) is 11.8. The fourth-order valence-corrected chi connectivity index (χ4v) is 2.08. The molecule has 102 valence electrons. The Bertz CT molecular complexity index is 534. The van der Waals surface area contributed by atoms with Gasteiger partial charge in [0.15, 0.2) is 0 Å². The van der Waals surface area contributed by atoms with Crippen LogP contribution in [0.15, 0.2) is 30.3 Å². The minimum Gasteiger partial charge on any atom is -0.495 e. The van der Waals surface area contributed by atoms with E-state index >= 15 is 0 Å². The van der Waals surface area contributed by atoms with E-state index in [9.17, 15) is 0 Å². The molecule has 1 aromatic heterocycles. The number of methoxy groups -OCH3 is 1. The van der Waals surface area contributed by atoms with Crippen LogP contribution in [0, 0.1) is 0 Å². The third-order valence-electron chi connectivity index (χ3n) is 3.14. The fraction of sp³-hybridized carbons (Fsp3) is 0.400. The molecule has 0 aliphatic rings. The normalized spacial score (nSPS) is 10.5. The van der Waals surface area contributed by atoms with Crippen molar-refractivity contribution in [1.82, 2.24) is 9.78 Å². The number of nitrogens with zero attached hydrogens (tertiary/aromatic N) is 2. The Morgan fingerprint density at radius 1 is 1.26 bits per heavy atom. The van der Waals surface area contributed by atoms with E-state index in [1.807, 2.05) is 28.9 Å². The number of hydrogen-bond acceptors (Lipinski definition) is 3. The van der Waals surface area contributed by atoms with Crippen LogP contribution in [0.5, 0.6) is 5.75 Å². The number of anilines is 1. The van der Waals surface area contributed by atoms with E-state index in [1.54, 1.807) is 7.11 Å². The van der Waals surface area contributed by atoms with Crippen molar-refractivity contribution < 1.29 is 4.74 Å². The second-order valence-electron chi connectivity index (χ2n) is 4.35. The average Bonchev–Trinajstić information content (AvgIpc) is 2.87. The first-order chi connectivity index (χ1) is 9.28. The second-order valence-corrected chi connectivity index (χ2v) is 4.35. The van der Waals surface area contributed by atoms with Crippen LogP contribution in [-0.4, -0.2) is 16.9 Å². The zero-order chi connectivity index (χ0) is 13.7. The molecule has 0 unspecified atom stereocenters. The standard InChI is InChI=1S/C15H21N3O/c1-4-12-10-13(18(5-2)17-12)11-16-14-8-6-7-9-15(14)19-3/h6-10,16H,4-5,11H2,1-3H3. The van der Waals surface area contributed by atoms with Crippen molar-refractivity contribution in [2.75, 3.05) is 12.4 Å². The summed E-state index contributed by atoms with van der Waals surface area (Å²) in [6.07, 6.45) is 0.967. The van der Waals surface area contributed by atoms with E-state index in [2.05, 4.69) is 30.3 Å². The molecule has 0 aliphatic heterocycles. The van der Waals surface area contributed by atoms with Crippen molar-refractivity contribution >= 4 is 5.69 Å². The molecule has 0 bridgehead atoms. The summed E-state index contributed by atoms with van der Waals surface area (Å²) in [6, 6.07) is 10.1. The van der Waals surface area contributed by atoms with Crippen LogP contribution in [0.25, 0.3) is 0 Å². The van der Waals surface area contributed by atoms with E-state index in [0.717, 1.165) is 36.6 Å². The first-order valence-electron chi connectivity index (χ1n) is 6.71. The molecular weight excluding hydrogens is 238 g/mol. The highest BCUT2D eigenvalue weighted by Gasteiger charge is 2.07.